The number of hydrogen-bond donors (Lipinski definition) is 5. The van der Waals surface area contributed by atoms with Gasteiger partial charge in [0.1, 0.15) is 23.2 Å². The average molecular weight is 1030 g/mol. The summed E-state index contributed by atoms with van der Waals surface area (Å²) in [5.74, 6) is 0.994. The van der Waals surface area contributed by atoms with Crippen LogP contribution in [-0.2, 0) is 29.1 Å². The van der Waals surface area contributed by atoms with Gasteiger partial charge in [0.15, 0.2) is 0 Å². The molecular weight excluding hydrogens is 949 g/mol. The first-order chi connectivity index (χ1) is 36.6. The van der Waals surface area contributed by atoms with Gasteiger partial charge in [0.2, 0.25) is 11.8 Å². The van der Waals surface area contributed by atoms with Crippen LogP contribution >= 0.6 is 0 Å². The smallest absolute Gasteiger partial charge is 0.269 e. The molecule has 0 spiro atoms. The molecule has 3 aromatic heterocycles. The molecule has 4 amide bonds. The molecule has 400 valence electrons. The van der Waals surface area contributed by atoms with Crippen LogP contribution < -0.4 is 41.2 Å². The predicted octanol–water partition coefficient (Wildman–Crippen LogP) is 6.50. The highest BCUT2D eigenvalue weighted by atomic mass is 16.5. The van der Waals surface area contributed by atoms with E-state index in [2.05, 4.69) is 46.0 Å². The third-order valence-corrected chi connectivity index (χ3v) is 15.0. The number of ether oxygens (including phenoxy) is 2. The van der Waals surface area contributed by atoms with E-state index in [9.17, 15) is 24.0 Å². The summed E-state index contributed by atoms with van der Waals surface area (Å²) >= 11 is 0. The Balaban J connectivity index is 0.736. The topological polar surface area (TPSA) is 203 Å². The zero-order chi connectivity index (χ0) is 52.5. The van der Waals surface area contributed by atoms with E-state index >= 15 is 0 Å². The fourth-order valence-corrected chi connectivity index (χ4v) is 10.7. The van der Waals surface area contributed by atoms with Crippen LogP contribution in [0.1, 0.15) is 127 Å². The fourth-order valence-electron chi connectivity index (χ4n) is 10.7. The first kappa shape index (κ1) is 54.4. The maximum Gasteiger partial charge on any atom is 0.269 e. The van der Waals surface area contributed by atoms with Gasteiger partial charge >= 0.3 is 0 Å². The number of nitrogens with zero attached hydrogens (tertiary/aromatic N) is 5. The van der Waals surface area contributed by atoms with Crippen molar-refractivity contribution in [1.82, 2.24) is 46.0 Å². The van der Waals surface area contributed by atoms with Crippen LogP contribution in [0.3, 0.4) is 0 Å². The number of hydrogen-bond acceptors (Lipinski definition) is 12. The van der Waals surface area contributed by atoms with Crippen molar-refractivity contribution in [2.45, 2.75) is 110 Å². The van der Waals surface area contributed by atoms with E-state index in [1.807, 2.05) is 79.5 Å². The van der Waals surface area contributed by atoms with E-state index in [-0.39, 0.29) is 47.6 Å². The Kier molecular flexibility index (Phi) is 19.7. The van der Waals surface area contributed by atoms with Gasteiger partial charge in [-0.15, -0.1) is 0 Å². The highest BCUT2D eigenvalue weighted by Crippen LogP contribution is 2.30. The molecule has 1 aliphatic carbocycles. The van der Waals surface area contributed by atoms with Gasteiger partial charge in [-0.05, 0) is 118 Å². The van der Waals surface area contributed by atoms with E-state index in [0.717, 1.165) is 142 Å². The van der Waals surface area contributed by atoms with E-state index in [4.69, 9.17) is 9.47 Å². The molecule has 0 bridgehead atoms. The number of aromatic amines is 1. The van der Waals surface area contributed by atoms with Crippen LogP contribution in [0.15, 0.2) is 83.9 Å². The summed E-state index contributed by atoms with van der Waals surface area (Å²) in [5, 5.41) is 12.5. The van der Waals surface area contributed by atoms with E-state index in [1.165, 1.54) is 0 Å². The molecule has 2 atom stereocenters. The number of aromatic nitrogens is 3. The third kappa shape index (κ3) is 14.9. The first-order valence-corrected chi connectivity index (χ1v) is 27.3. The van der Waals surface area contributed by atoms with Crippen molar-refractivity contribution in [3.8, 4) is 11.5 Å². The zero-order valence-corrected chi connectivity index (χ0v) is 44.1. The minimum atomic E-state index is -0.634. The lowest BCUT2D eigenvalue weighted by Gasteiger charge is -2.36. The molecule has 3 aliphatic rings. The van der Waals surface area contributed by atoms with E-state index < -0.39 is 6.04 Å². The number of fused-ring (bicyclic) bond motifs is 1. The van der Waals surface area contributed by atoms with Gasteiger partial charge in [-0.2, -0.15) is 0 Å². The van der Waals surface area contributed by atoms with Crippen molar-refractivity contribution in [3.63, 3.8) is 0 Å². The summed E-state index contributed by atoms with van der Waals surface area (Å²) < 4.78 is 11.1. The second-order valence-electron chi connectivity index (χ2n) is 20.2. The highest BCUT2D eigenvalue weighted by molar-refractivity contribution is 5.98. The molecule has 17 nitrogen and oxygen atoms in total. The fraction of sp³-hybridized carbons (Fsp3) is 0.500. The van der Waals surface area contributed by atoms with Crippen LogP contribution in [0, 0.1) is 5.92 Å². The number of methoxy groups -OCH3 is 1. The number of piperazine rings is 1. The summed E-state index contributed by atoms with van der Waals surface area (Å²) in [6, 6.07) is 20.3. The molecular formula is C58H76N10O7. The molecule has 1 saturated carbocycles. The molecule has 0 radical (unpaired) electrons. The van der Waals surface area contributed by atoms with Crippen LogP contribution in [0.2, 0.25) is 0 Å². The third-order valence-electron chi connectivity index (χ3n) is 15.0. The van der Waals surface area contributed by atoms with E-state index in [1.54, 1.807) is 25.4 Å². The number of unbranched alkanes of at least 4 members (excludes halogenated alkanes) is 2. The number of pyridine rings is 3. The molecule has 2 saturated heterocycles. The number of H-pyrrole nitrogens is 1. The van der Waals surface area contributed by atoms with Gasteiger partial charge in [0.05, 0.1) is 43.2 Å². The second-order valence-corrected chi connectivity index (χ2v) is 20.2. The SMILES string of the molecule is CCOc1cc(OC)ccc1CNCC(=O)N1CCCC(c2cccc(C(=O)N[C@H](C(=O)NCCCCCNC(=O)c3ccc(N4CCN(Cc5cnc6cc(CC)c(=O)[nH]c6c5)CC4)cn3)C3CCCCC3)c2)C1. The van der Waals surface area contributed by atoms with Crippen LogP contribution in [-0.4, -0.2) is 127 Å². The molecule has 3 fully saturated rings. The highest BCUT2D eigenvalue weighted by Gasteiger charge is 2.32. The molecule has 75 heavy (non-hydrogen) atoms. The number of carbonyl (C=O) groups is 4. The zero-order valence-electron chi connectivity index (χ0n) is 44.1. The quantitative estimate of drug-likeness (QED) is 0.0446. The number of benzene rings is 2. The minimum absolute atomic E-state index is 0.0334. The maximum absolute atomic E-state index is 13.9. The Morgan fingerprint density at radius 3 is 2.37 bits per heavy atom. The number of amides is 4. The van der Waals surface area contributed by atoms with Crippen molar-refractivity contribution in [2.24, 2.45) is 5.92 Å². The first-order valence-electron chi connectivity index (χ1n) is 27.3. The Morgan fingerprint density at radius 2 is 1.61 bits per heavy atom. The van der Waals surface area contributed by atoms with E-state index in [0.29, 0.717) is 62.8 Å². The molecule has 5 heterocycles. The number of nitrogens with one attached hydrogen (secondary N) is 5. The molecule has 1 unspecified atom stereocenters. The Labute approximate surface area is 440 Å². The van der Waals surface area contributed by atoms with Gasteiger partial charge in [-0.25, -0.2) is 4.98 Å². The monoisotopic (exact) mass is 1020 g/mol. The largest absolute Gasteiger partial charge is 0.497 e. The normalized spacial score (nSPS) is 16.8. The molecule has 5 N–H and O–H groups in total. The van der Waals surface area contributed by atoms with Crippen LogP contribution in [0.25, 0.3) is 11.0 Å². The Bertz CT molecular complexity index is 2770. The molecule has 2 aromatic carbocycles. The molecule has 17 heteroatoms. The summed E-state index contributed by atoms with van der Waals surface area (Å²) in [4.78, 5) is 85.1. The second kappa shape index (κ2) is 27.1. The standard InChI is InChI=1S/C58H76N10O7/c1-4-41-32-50-51(64-55(41)70)30-40(34-62-50)38-66-26-28-67(29-27-66)47-20-22-49(63-36-47)57(72)60-23-10-7-11-24-61-58(73)54(42-14-8-6-9-15-42)65-56(71)44-17-12-16-43(31-44)46-18-13-25-68(39-46)53(69)37-59-35-45-19-21-48(74-3)33-52(45)75-5-2/h12,16-17,19-22,30-34,36,42,46,54,59H,4-11,13-15,18,23-29,35,37-39H2,1-3H3,(H,60,72)(H,61,73)(H,64,70)(H,65,71)/t46?,54-/m0/s1. The minimum Gasteiger partial charge on any atom is -0.497 e. The molecule has 5 aromatic rings. The number of piperidine rings is 1. The van der Waals surface area contributed by atoms with Crippen LogP contribution in [0.4, 0.5) is 5.69 Å². The lowest BCUT2D eigenvalue weighted by Crippen LogP contribution is -2.51. The van der Waals surface area contributed by atoms with Crippen molar-refractivity contribution < 1.29 is 28.7 Å². The summed E-state index contributed by atoms with van der Waals surface area (Å²) in [6.45, 7) is 11.5. The summed E-state index contributed by atoms with van der Waals surface area (Å²) in [5.41, 5.74) is 7.13. The molecule has 2 aliphatic heterocycles. The lowest BCUT2D eigenvalue weighted by atomic mass is 9.83. The van der Waals surface area contributed by atoms with Crippen molar-refractivity contribution in [1.29, 1.82) is 0 Å². The van der Waals surface area contributed by atoms with Gasteiger partial charge in [0.25, 0.3) is 17.4 Å². The van der Waals surface area contributed by atoms with Crippen molar-refractivity contribution in [3.05, 3.63) is 123 Å². The predicted molar refractivity (Wildman–Crippen MR) is 291 cm³/mol. The van der Waals surface area contributed by atoms with Gasteiger partial charge < -0.3 is 45.5 Å². The number of carbonyl (C=O) groups excluding carboxylic acids is 4. The number of rotatable bonds is 23. The Hall–Kier alpha value is -6.85. The number of aryl methyl sites for hydroxylation is 1. The van der Waals surface area contributed by atoms with Gasteiger partial charge in [-0.1, -0.05) is 44.4 Å². The average Bonchev–Trinajstić information content (AvgIpc) is 3.44. The van der Waals surface area contributed by atoms with Crippen molar-refractivity contribution in [2.75, 3.05) is 77.5 Å². The Morgan fingerprint density at radius 1 is 0.800 bits per heavy atom. The van der Waals surface area contributed by atoms with Gasteiger partial charge in [0, 0.05) is 100 Å². The maximum atomic E-state index is 13.9. The van der Waals surface area contributed by atoms with Gasteiger partial charge in [-0.3, -0.25) is 33.9 Å². The van der Waals surface area contributed by atoms with Crippen molar-refractivity contribution >= 4 is 40.3 Å². The van der Waals surface area contributed by atoms with Crippen LogP contribution in [0.5, 0.6) is 11.5 Å². The lowest BCUT2D eigenvalue weighted by molar-refractivity contribution is -0.131. The number of anilines is 1. The number of likely N-dealkylation sites (tertiary alicyclic amines) is 1. The molecule has 8 rings (SSSR count). The summed E-state index contributed by atoms with van der Waals surface area (Å²) in [7, 11) is 1.62. The summed E-state index contributed by atoms with van der Waals surface area (Å²) in [6.07, 6.45) is 13.4.